The molecule has 1 N–H and O–H groups in total. The van der Waals surface area contributed by atoms with Crippen LogP contribution < -0.4 is 5.32 Å². The Kier molecular flexibility index (Phi) is 4.91. The summed E-state index contributed by atoms with van der Waals surface area (Å²) in [6, 6.07) is 0.757. The summed E-state index contributed by atoms with van der Waals surface area (Å²) in [7, 11) is 0. The van der Waals surface area contributed by atoms with E-state index in [9.17, 15) is 4.79 Å². The average molecular weight is 281 g/mol. The number of piperazine rings is 1. The van der Waals surface area contributed by atoms with E-state index in [1.165, 1.54) is 12.8 Å². The van der Waals surface area contributed by atoms with Crippen LogP contribution in [0.25, 0.3) is 0 Å². The van der Waals surface area contributed by atoms with E-state index in [0.717, 1.165) is 65.2 Å². The number of carbonyl (C=O) groups excluding carboxylic acids is 1. The number of piperidine rings is 1. The zero-order chi connectivity index (χ0) is 13.8. The van der Waals surface area contributed by atoms with E-state index in [1.807, 2.05) is 0 Å². The zero-order valence-corrected chi connectivity index (χ0v) is 12.4. The van der Waals surface area contributed by atoms with E-state index >= 15 is 0 Å². The van der Waals surface area contributed by atoms with Crippen LogP contribution in [0.1, 0.15) is 32.1 Å². The first-order valence-corrected chi connectivity index (χ1v) is 8.18. The summed E-state index contributed by atoms with van der Waals surface area (Å²) >= 11 is 0. The molecule has 0 aromatic carbocycles. The minimum Gasteiger partial charge on any atom is -0.381 e. The number of carbonyl (C=O) groups is 1. The molecule has 3 aliphatic rings. The van der Waals surface area contributed by atoms with E-state index in [1.54, 1.807) is 0 Å². The highest BCUT2D eigenvalue weighted by molar-refractivity contribution is 5.82. The lowest BCUT2D eigenvalue weighted by molar-refractivity contribution is -0.136. The normalized spacial score (nSPS) is 30.4. The summed E-state index contributed by atoms with van der Waals surface area (Å²) in [6.45, 7) is 6.65. The second-order valence-corrected chi connectivity index (χ2v) is 6.21. The Labute approximate surface area is 121 Å². The number of nitrogens with zero attached hydrogens (tertiary/aromatic N) is 2. The van der Waals surface area contributed by atoms with E-state index in [4.69, 9.17) is 4.74 Å². The van der Waals surface area contributed by atoms with E-state index in [2.05, 4.69) is 15.1 Å². The van der Waals surface area contributed by atoms with Gasteiger partial charge in [-0.15, -0.1) is 0 Å². The summed E-state index contributed by atoms with van der Waals surface area (Å²) in [5.41, 5.74) is 0. The second-order valence-electron chi connectivity index (χ2n) is 6.21. The van der Waals surface area contributed by atoms with Gasteiger partial charge < -0.3 is 15.0 Å². The molecule has 114 valence electrons. The quantitative estimate of drug-likeness (QED) is 0.798. The van der Waals surface area contributed by atoms with Crippen LogP contribution in [0.2, 0.25) is 0 Å². The molecule has 0 aromatic rings. The molecular weight excluding hydrogens is 254 g/mol. The molecule has 0 saturated carbocycles. The first-order valence-electron chi connectivity index (χ1n) is 8.18. The third kappa shape index (κ3) is 3.32. The van der Waals surface area contributed by atoms with Gasteiger partial charge in [-0.25, -0.2) is 0 Å². The molecule has 0 aromatic heterocycles. The van der Waals surface area contributed by atoms with Crippen LogP contribution in [0.4, 0.5) is 0 Å². The summed E-state index contributed by atoms with van der Waals surface area (Å²) in [6.07, 6.45) is 5.71. The average Bonchev–Trinajstić information content (AvgIpc) is 2.56. The number of ether oxygens (including phenoxy) is 1. The first-order chi connectivity index (χ1) is 9.84. The van der Waals surface area contributed by atoms with Crippen molar-refractivity contribution in [1.29, 1.82) is 0 Å². The Balaban J connectivity index is 1.46. The van der Waals surface area contributed by atoms with Crippen molar-refractivity contribution in [3.05, 3.63) is 0 Å². The van der Waals surface area contributed by atoms with Gasteiger partial charge in [-0.3, -0.25) is 9.69 Å². The lowest BCUT2D eigenvalue weighted by Gasteiger charge is -2.41. The molecule has 3 saturated heterocycles. The Bertz CT molecular complexity index is 317. The molecule has 0 spiro atoms. The van der Waals surface area contributed by atoms with Crippen molar-refractivity contribution in [1.82, 2.24) is 15.1 Å². The van der Waals surface area contributed by atoms with Crippen LogP contribution in [-0.2, 0) is 9.53 Å². The third-order valence-corrected chi connectivity index (χ3v) is 4.94. The van der Waals surface area contributed by atoms with Crippen LogP contribution in [0.15, 0.2) is 0 Å². The van der Waals surface area contributed by atoms with Crippen LogP contribution in [-0.4, -0.2) is 73.7 Å². The van der Waals surface area contributed by atoms with Gasteiger partial charge in [0.05, 0.1) is 6.04 Å². The zero-order valence-electron chi connectivity index (χ0n) is 12.4. The lowest BCUT2D eigenvalue weighted by atomic mass is 10.0. The van der Waals surface area contributed by atoms with Gasteiger partial charge in [0.2, 0.25) is 5.91 Å². The highest BCUT2D eigenvalue weighted by Gasteiger charge is 2.30. The van der Waals surface area contributed by atoms with Crippen molar-refractivity contribution in [2.24, 2.45) is 0 Å². The van der Waals surface area contributed by atoms with Crippen molar-refractivity contribution in [3.8, 4) is 0 Å². The predicted molar refractivity (Wildman–Crippen MR) is 77.6 cm³/mol. The maximum absolute atomic E-state index is 12.5. The molecule has 0 radical (unpaired) electrons. The maximum atomic E-state index is 12.5. The summed E-state index contributed by atoms with van der Waals surface area (Å²) in [5.74, 6) is 0.330. The fourth-order valence-corrected chi connectivity index (χ4v) is 3.64. The van der Waals surface area contributed by atoms with E-state index in [0.29, 0.717) is 11.9 Å². The molecule has 1 atom stereocenters. The lowest BCUT2D eigenvalue weighted by Crippen LogP contribution is -2.57. The van der Waals surface area contributed by atoms with Gasteiger partial charge in [0, 0.05) is 45.4 Å². The molecule has 0 unspecified atom stereocenters. The molecule has 3 fully saturated rings. The van der Waals surface area contributed by atoms with Gasteiger partial charge in [-0.1, -0.05) is 6.42 Å². The topological polar surface area (TPSA) is 44.8 Å². The number of hydrogen-bond donors (Lipinski definition) is 1. The van der Waals surface area contributed by atoms with Crippen LogP contribution >= 0.6 is 0 Å². The Morgan fingerprint density at radius 1 is 1.00 bits per heavy atom. The Hall–Kier alpha value is -0.650. The van der Waals surface area contributed by atoms with Gasteiger partial charge in [-0.05, 0) is 32.2 Å². The Morgan fingerprint density at radius 2 is 1.75 bits per heavy atom. The molecule has 5 heteroatoms. The van der Waals surface area contributed by atoms with Crippen LogP contribution in [0, 0.1) is 0 Å². The second kappa shape index (κ2) is 6.87. The van der Waals surface area contributed by atoms with Crippen molar-refractivity contribution in [2.45, 2.75) is 44.2 Å². The summed E-state index contributed by atoms with van der Waals surface area (Å²) in [5, 5.41) is 3.37. The monoisotopic (exact) mass is 281 g/mol. The summed E-state index contributed by atoms with van der Waals surface area (Å²) < 4.78 is 5.43. The standard InChI is InChI=1S/C15H27N3O2/c19-15(14-3-1-2-6-16-14)18-9-7-17(8-10-18)13-4-11-20-12-5-13/h13-14,16H,1-12H2/t14-/m1/s1. The molecule has 5 nitrogen and oxygen atoms in total. The van der Waals surface area contributed by atoms with Crippen molar-refractivity contribution >= 4 is 5.91 Å². The Morgan fingerprint density at radius 3 is 2.40 bits per heavy atom. The predicted octanol–water partition coefficient (Wildman–Crippen LogP) is 0.452. The van der Waals surface area contributed by atoms with Crippen LogP contribution in [0.5, 0.6) is 0 Å². The maximum Gasteiger partial charge on any atom is 0.239 e. The van der Waals surface area contributed by atoms with Crippen molar-refractivity contribution in [2.75, 3.05) is 45.9 Å². The summed E-state index contributed by atoms with van der Waals surface area (Å²) in [4.78, 5) is 17.1. The number of hydrogen-bond acceptors (Lipinski definition) is 4. The van der Waals surface area contributed by atoms with Gasteiger partial charge in [0.15, 0.2) is 0 Å². The molecular formula is C15H27N3O2. The van der Waals surface area contributed by atoms with Crippen LogP contribution in [0.3, 0.4) is 0 Å². The van der Waals surface area contributed by atoms with Gasteiger partial charge in [0.25, 0.3) is 0 Å². The molecule has 1 amide bonds. The molecule has 3 heterocycles. The molecule has 3 rings (SSSR count). The number of amides is 1. The van der Waals surface area contributed by atoms with Gasteiger partial charge >= 0.3 is 0 Å². The van der Waals surface area contributed by atoms with E-state index in [-0.39, 0.29) is 6.04 Å². The molecule has 0 aliphatic carbocycles. The van der Waals surface area contributed by atoms with Crippen molar-refractivity contribution in [3.63, 3.8) is 0 Å². The van der Waals surface area contributed by atoms with Gasteiger partial charge in [-0.2, -0.15) is 0 Å². The highest BCUT2D eigenvalue weighted by atomic mass is 16.5. The largest absolute Gasteiger partial charge is 0.381 e. The van der Waals surface area contributed by atoms with E-state index < -0.39 is 0 Å². The SMILES string of the molecule is O=C([C@H]1CCCCN1)N1CCN(C2CCOCC2)CC1. The molecule has 3 aliphatic heterocycles. The molecule has 20 heavy (non-hydrogen) atoms. The minimum atomic E-state index is 0.0818. The van der Waals surface area contributed by atoms with Gasteiger partial charge in [0.1, 0.15) is 0 Å². The third-order valence-electron chi connectivity index (χ3n) is 4.94. The first kappa shape index (κ1) is 14.3. The fourth-order valence-electron chi connectivity index (χ4n) is 3.64. The number of rotatable bonds is 2. The highest BCUT2D eigenvalue weighted by Crippen LogP contribution is 2.17. The fraction of sp³-hybridized carbons (Fsp3) is 0.933. The van der Waals surface area contributed by atoms with Crippen molar-refractivity contribution < 1.29 is 9.53 Å². The molecule has 0 bridgehead atoms. The number of nitrogens with one attached hydrogen (secondary N) is 1. The minimum absolute atomic E-state index is 0.0818. The smallest absolute Gasteiger partial charge is 0.239 e.